The van der Waals surface area contributed by atoms with Crippen molar-refractivity contribution in [2.75, 3.05) is 45.7 Å². The molecule has 0 radical (unpaired) electrons. The van der Waals surface area contributed by atoms with Crippen molar-refractivity contribution in [2.24, 2.45) is 5.92 Å². The van der Waals surface area contributed by atoms with E-state index < -0.39 is 0 Å². The molecule has 1 heterocycles. The van der Waals surface area contributed by atoms with Crippen molar-refractivity contribution in [1.82, 2.24) is 10.2 Å². The fraction of sp³-hybridized carbons (Fsp3) is 0.667. The minimum absolute atomic E-state index is 0.477. The van der Waals surface area contributed by atoms with Gasteiger partial charge in [0.1, 0.15) is 0 Å². The Labute approximate surface area is 130 Å². The van der Waals surface area contributed by atoms with E-state index in [9.17, 15) is 0 Å². The summed E-state index contributed by atoms with van der Waals surface area (Å²) in [6.07, 6.45) is 3.76. The fourth-order valence-electron chi connectivity index (χ4n) is 3.41. The highest BCUT2D eigenvalue weighted by atomic mass is 15.1. The van der Waals surface area contributed by atoms with Gasteiger partial charge in [0, 0.05) is 31.4 Å². The molecule has 2 rings (SSSR count). The van der Waals surface area contributed by atoms with Crippen LogP contribution in [0.25, 0.3) is 0 Å². The maximum absolute atomic E-state index is 3.37. The Balaban J connectivity index is 1.92. The third kappa shape index (κ3) is 4.45. The molecule has 0 amide bonds. The van der Waals surface area contributed by atoms with Crippen molar-refractivity contribution in [3.05, 3.63) is 29.8 Å². The molecule has 0 bridgehead atoms. The van der Waals surface area contributed by atoms with E-state index in [1.807, 2.05) is 7.05 Å². The van der Waals surface area contributed by atoms with Crippen LogP contribution in [0.5, 0.6) is 0 Å². The molecule has 3 nitrogen and oxygen atoms in total. The first kappa shape index (κ1) is 16.3. The minimum atomic E-state index is 0.477. The van der Waals surface area contributed by atoms with Gasteiger partial charge >= 0.3 is 0 Å². The first-order valence-electron chi connectivity index (χ1n) is 8.31. The largest absolute Gasteiger partial charge is 0.372 e. The molecule has 1 atom stereocenters. The van der Waals surface area contributed by atoms with Crippen molar-refractivity contribution in [3.8, 4) is 0 Å². The quantitative estimate of drug-likeness (QED) is 0.868. The molecule has 1 aromatic carbocycles. The molecular formula is C18H31N3. The molecule has 118 valence electrons. The van der Waals surface area contributed by atoms with Gasteiger partial charge in [0.25, 0.3) is 0 Å². The summed E-state index contributed by atoms with van der Waals surface area (Å²) in [5.74, 6) is 0.865. The van der Waals surface area contributed by atoms with Gasteiger partial charge in [-0.1, -0.05) is 19.1 Å². The highest BCUT2D eigenvalue weighted by Crippen LogP contribution is 2.25. The molecule has 1 N–H and O–H groups in total. The number of hydrogen-bond acceptors (Lipinski definition) is 3. The van der Waals surface area contributed by atoms with Gasteiger partial charge in [0.2, 0.25) is 0 Å². The molecule has 1 aromatic rings. The SMILES string of the molecule is CCC(NC)c1ccc(N2CCC(CN(C)C)CC2)cc1. The average molecular weight is 289 g/mol. The van der Waals surface area contributed by atoms with E-state index in [1.165, 1.54) is 43.7 Å². The number of anilines is 1. The number of nitrogens with one attached hydrogen (secondary N) is 1. The van der Waals surface area contributed by atoms with E-state index >= 15 is 0 Å². The predicted molar refractivity (Wildman–Crippen MR) is 92.0 cm³/mol. The van der Waals surface area contributed by atoms with Crippen LogP contribution in [0.15, 0.2) is 24.3 Å². The highest BCUT2D eigenvalue weighted by molar-refractivity contribution is 5.48. The van der Waals surface area contributed by atoms with E-state index in [-0.39, 0.29) is 0 Å². The lowest BCUT2D eigenvalue weighted by atomic mass is 9.95. The summed E-state index contributed by atoms with van der Waals surface area (Å²) < 4.78 is 0. The van der Waals surface area contributed by atoms with Crippen molar-refractivity contribution in [1.29, 1.82) is 0 Å². The Morgan fingerprint density at radius 1 is 1.19 bits per heavy atom. The molecule has 1 aliphatic heterocycles. The maximum atomic E-state index is 3.37. The van der Waals surface area contributed by atoms with Crippen LogP contribution in [0.1, 0.15) is 37.8 Å². The Hall–Kier alpha value is -1.06. The molecule has 0 aromatic heterocycles. The number of nitrogens with zero attached hydrogens (tertiary/aromatic N) is 2. The van der Waals surface area contributed by atoms with Crippen molar-refractivity contribution >= 4 is 5.69 Å². The predicted octanol–water partition coefficient (Wildman–Crippen LogP) is 3.14. The van der Waals surface area contributed by atoms with Crippen LogP contribution in [0.3, 0.4) is 0 Å². The third-order valence-corrected chi connectivity index (χ3v) is 4.66. The van der Waals surface area contributed by atoms with Crippen LogP contribution in [0.4, 0.5) is 5.69 Å². The zero-order valence-corrected chi connectivity index (χ0v) is 14.1. The lowest BCUT2D eigenvalue weighted by molar-refractivity contribution is 0.285. The molecule has 1 unspecified atom stereocenters. The van der Waals surface area contributed by atoms with Gasteiger partial charge in [-0.3, -0.25) is 0 Å². The minimum Gasteiger partial charge on any atom is -0.372 e. The summed E-state index contributed by atoms with van der Waals surface area (Å²) in [4.78, 5) is 4.86. The molecule has 3 heteroatoms. The maximum Gasteiger partial charge on any atom is 0.0366 e. The van der Waals surface area contributed by atoms with E-state index in [0.29, 0.717) is 6.04 Å². The van der Waals surface area contributed by atoms with Crippen LogP contribution < -0.4 is 10.2 Å². The highest BCUT2D eigenvalue weighted by Gasteiger charge is 2.20. The zero-order chi connectivity index (χ0) is 15.2. The Morgan fingerprint density at radius 3 is 2.29 bits per heavy atom. The van der Waals surface area contributed by atoms with Crippen molar-refractivity contribution < 1.29 is 0 Å². The zero-order valence-electron chi connectivity index (χ0n) is 14.1. The van der Waals surface area contributed by atoms with Gasteiger partial charge in [-0.15, -0.1) is 0 Å². The Morgan fingerprint density at radius 2 is 1.81 bits per heavy atom. The first-order chi connectivity index (χ1) is 10.1. The summed E-state index contributed by atoms with van der Waals surface area (Å²) in [7, 11) is 6.39. The summed E-state index contributed by atoms with van der Waals surface area (Å²) >= 11 is 0. The van der Waals surface area contributed by atoms with E-state index in [2.05, 4.69) is 60.4 Å². The summed E-state index contributed by atoms with van der Waals surface area (Å²) in [5.41, 5.74) is 2.78. The van der Waals surface area contributed by atoms with Crippen LogP contribution in [0.2, 0.25) is 0 Å². The molecule has 0 saturated carbocycles. The smallest absolute Gasteiger partial charge is 0.0366 e. The molecule has 21 heavy (non-hydrogen) atoms. The number of benzene rings is 1. The van der Waals surface area contributed by atoms with E-state index in [0.717, 1.165) is 12.3 Å². The van der Waals surface area contributed by atoms with E-state index in [1.54, 1.807) is 0 Å². The molecule has 1 saturated heterocycles. The van der Waals surface area contributed by atoms with Gasteiger partial charge in [-0.05, 0) is 64.0 Å². The average Bonchev–Trinajstić information content (AvgIpc) is 2.49. The molecular weight excluding hydrogens is 258 g/mol. The number of rotatable bonds is 6. The topological polar surface area (TPSA) is 18.5 Å². The number of piperidine rings is 1. The Kier molecular flexibility index (Phi) is 6.07. The second-order valence-electron chi connectivity index (χ2n) is 6.53. The number of hydrogen-bond donors (Lipinski definition) is 1. The molecule has 0 aliphatic carbocycles. The normalized spacial score (nSPS) is 18.2. The van der Waals surface area contributed by atoms with Gasteiger partial charge in [0.05, 0.1) is 0 Å². The van der Waals surface area contributed by atoms with Gasteiger partial charge < -0.3 is 15.1 Å². The molecule has 1 fully saturated rings. The van der Waals surface area contributed by atoms with Gasteiger partial charge in [-0.2, -0.15) is 0 Å². The van der Waals surface area contributed by atoms with Crippen molar-refractivity contribution in [3.63, 3.8) is 0 Å². The standard InChI is InChI=1S/C18H31N3/c1-5-18(19-2)16-6-8-17(9-7-16)21-12-10-15(11-13-21)14-20(3)4/h6-9,15,18-19H,5,10-14H2,1-4H3. The first-order valence-corrected chi connectivity index (χ1v) is 8.31. The van der Waals surface area contributed by atoms with Crippen LogP contribution in [-0.2, 0) is 0 Å². The molecule has 1 aliphatic rings. The van der Waals surface area contributed by atoms with Crippen LogP contribution >= 0.6 is 0 Å². The summed E-state index contributed by atoms with van der Waals surface area (Å²) in [6.45, 7) is 5.85. The van der Waals surface area contributed by atoms with E-state index in [4.69, 9.17) is 0 Å². The van der Waals surface area contributed by atoms with Gasteiger partial charge in [-0.25, -0.2) is 0 Å². The fourth-order valence-corrected chi connectivity index (χ4v) is 3.41. The second kappa shape index (κ2) is 7.81. The van der Waals surface area contributed by atoms with Crippen LogP contribution in [-0.4, -0.2) is 45.7 Å². The lowest BCUT2D eigenvalue weighted by Crippen LogP contribution is -2.37. The monoisotopic (exact) mass is 289 g/mol. The Bertz CT molecular complexity index is 401. The third-order valence-electron chi connectivity index (χ3n) is 4.66. The summed E-state index contributed by atoms with van der Waals surface area (Å²) in [5, 5.41) is 3.37. The molecule has 0 spiro atoms. The van der Waals surface area contributed by atoms with Gasteiger partial charge in [0.15, 0.2) is 0 Å². The van der Waals surface area contributed by atoms with Crippen molar-refractivity contribution in [2.45, 2.75) is 32.2 Å². The lowest BCUT2D eigenvalue weighted by Gasteiger charge is -2.34. The second-order valence-corrected chi connectivity index (χ2v) is 6.53. The summed E-state index contributed by atoms with van der Waals surface area (Å²) in [6, 6.07) is 9.63. The van der Waals surface area contributed by atoms with Crippen LogP contribution in [0, 0.1) is 5.92 Å².